The van der Waals surface area contributed by atoms with Gasteiger partial charge in [0, 0.05) is 24.6 Å². The number of hydrogen-bond donors (Lipinski definition) is 0. The lowest BCUT2D eigenvalue weighted by atomic mass is 10.1. The van der Waals surface area contributed by atoms with Gasteiger partial charge in [-0.15, -0.1) is 0 Å². The predicted octanol–water partition coefficient (Wildman–Crippen LogP) is 3.38. The number of rotatable bonds is 6. The summed E-state index contributed by atoms with van der Waals surface area (Å²) in [7, 11) is 0. The summed E-state index contributed by atoms with van der Waals surface area (Å²) >= 11 is 0. The minimum absolute atomic E-state index is 0.215. The second-order valence-corrected chi connectivity index (χ2v) is 7.51. The van der Waals surface area contributed by atoms with Crippen LogP contribution in [0.2, 0.25) is 0 Å². The number of aromatic nitrogens is 4. The van der Waals surface area contributed by atoms with Crippen molar-refractivity contribution in [2.24, 2.45) is 0 Å². The van der Waals surface area contributed by atoms with Crippen molar-refractivity contribution in [3.63, 3.8) is 0 Å². The van der Waals surface area contributed by atoms with E-state index in [0.717, 1.165) is 49.5 Å². The number of nitrogens with zero attached hydrogens (tertiary/aromatic N) is 4. The van der Waals surface area contributed by atoms with E-state index in [0.29, 0.717) is 13.2 Å². The van der Waals surface area contributed by atoms with Gasteiger partial charge in [0.2, 0.25) is 0 Å². The van der Waals surface area contributed by atoms with E-state index in [1.54, 1.807) is 12.4 Å². The van der Waals surface area contributed by atoms with Gasteiger partial charge in [0.25, 0.3) is 0 Å². The Hall–Kier alpha value is -2.57. The van der Waals surface area contributed by atoms with Gasteiger partial charge in [-0.2, -0.15) is 5.10 Å². The van der Waals surface area contributed by atoms with Gasteiger partial charge in [0.15, 0.2) is 11.6 Å². The molecule has 0 saturated carbocycles. The maximum Gasteiger partial charge on any atom is 0.181 e. The summed E-state index contributed by atoms with van der Waals surface area (Å²) in [6.07, 6.45) is 7.92. The van der Waals surface area contributed by atoms with Gasteiger partial charge in [-0.25, -0.2) is 9.67 Å². The Morgan fingerprint density at radius 3 is 2.57 bits per heavy atom. The molecule has 1 aliphatic carbocycles. The zero-order chi connectivity index (χ0) is 18.8. The number of pyridine rings is 1. The zero-order valence-corrected chi connectivity index (χ0v) is 15.8. The molecule has 1 aliphatic heterocycles. The molecule has 3 aromatic rings. The van der Waals surface area contributed by atoms with Crippen LogP contribution in [-0.2, 0) is 28.9 Å². The van der Waals surface area contributed by atoms with Gasteiger partial charge in [-0.1, -0.05) is 24.3 Å². The number of ether oxygens (including phenoxy) is 2. The van der Waals surface area contributed by atoms with Crippen LogP contribution in [0.5, 0.6) is 0 Å². The molecule has 2 aromatic heterocycles. The van der Waals surface area contributed by atoms with Gasteiger partial charge >= 0.3 is 0 Å². The highest BCUT2D eigenvalue weighted by atomic mass is 16.5. The smallest absolute Gasteiger partial charge is 0.181 e. The Bertz CT molecular complexity index is 910. The largest absolute Gasteiger partial charge is 0.376 e. The Morgan fingerprint density at radius 1 is 1.07 bits per heavy atom. The molecule has 1 aromatic carbocycles. The predicted molar refractivity (Wildman–Crippen MR) is 105 cm³/mol. The van der Waals surface area contributed by atoms with Crippen molar-refractivity contribution >= 4 is 0 Å². The van der Waals surface area contributed by atoms with Crippen LogP contribution >= 0.6 is 0 Å². The summed E-state index contributed by atoms with van der Waals surface area (Å²) < 4.78 is 13.7. The Kier molecular flexibility index (Phi) is 4.89. The quantitative estimate of drug-likeness (QED) is 0.660. The van der Waals surface area contributed by atoms with Crippen LogP contribution in [0, 0.1) is 0 Å². The van der Waals surface area contributed by atoms with Crippen molar-refractivity contribution in [3.8, 4) is 11.4 Å². The first-order chi connectivity index (χ1) is 13.9. The van der Waals surface area contributed by atoms with Crippen molar-refractivity contribution in [3.05, 3.63) is 65.7 Å². The molecule has 3 heterocycles. The monoisotopic (exact) mass is 376 g/mol. The highest BCUT2D eigenvalue weighted by molar-refractivity contribution is 5.53. The standard InChI is InChI=1S/C22H24N4O2/c1-2-5-18-13-19(12-17(18)4-1)26-21(15-27-14-20-6-3-11-28-20)24-22(25-26)16-7-9-23-10-8-16/h1-2,4-5,7-10,19-20H,3,6,11-15H2/t20-/m0/s1. The summed E-state index contributed by atoms with van der Waals surface area (Å²) in [6, 6.07) is 12.8. The molecule has 0 N–H and O–H groups in total. The maximum absolute atomic E-state index is 5.97. The molecule has 1 saturated heterocycles. The van der Waals surface area contributed by atoms with E-state index >= 15 is 0 Å². The fourth-order valence-corrected chi connectivity index (χ4v) is 4.14. The molecule has 6 heteroatoms. The summed E-state index contributed by atoms with van der Waals surface area (Å²) in [6.45, 7) is 1.91. The minimum atomic E-state index is 0.215. The third kappa shape index (κ3) is 3.57. The van der Waals surface area contributed by atoms with Gasteiger partial charge in [0.05, 0.1) is 18.8 Å². The van der Waals surface area contributed by atoms with E-state index in [-0.39, 0.29) is 12.1 Å². The fraction of sp³-hybridized carbons (Fsp3) is 0.409. The average Bonchev–Trinajstić information content (AvgIpc) is 3.48. The maximum atomic E-state index is 5.97. The molecule has 144 valence electrons. The molecule has 0 bridgehead atoms. The molecule has 28 heavy (non-hydrogen) atoms. The van der Waals surface area contributed by atoms with E-state index in [1.165, 1.54) is 11.1 Å². The van der Waals surface area contributed by atoms with Gasteiger partial charge < -0.3 is 9.47 Å². The number of fused-ring (bicyclic) bond motifs is 1. The van der Waals surface area contributed by atoms with Crippen molar-refractivity contribution < 1.29 is 9.47 Å². The van der Waals surface area contributed by atoms with Crippen LogP contribution in [0.4, 0.5) is 0 Å². The number of hydrogen-bond acceptors (Lipinski definition) is 5. The highest BCUT2D eigenvalue weighted by Crippen LogP contribution is 2.31. The molecule has 0 radical (unpaired) electrons. The van der Waals surface area contributed by atoms with Crippen LogP contribution in [0.3, 0.4) is 0 Å². The Balaban J connectivity index is 1.38. The molecule has 6 nitrogen and oxygen atoms in total. The first kappa shape index (κ1) is 17.5. The lowest BCUT2D eigenvalue weighted by Crippen LogP contribution is -2.18. The van der Waals surface area contributed by atoms with Crippen molar-refractivity contribution in [2.75, 3.05) is 13.2 Å². The van der Waals surface area contributed by atoms with E-state index in [2.05, 4.69) is 33.9 Å². The fourth-order valence-electron chi connectivity index (χ4n) is 4.14. The van der Waals surface area contributed by atoms with E-state index < -0.39 is 0 Å². The third-order valence-corrected chi connectivity index (χ3v) is 5.57. The Morgan fingerprint density at radius 2 is 1.86 bits per heavy atom. The van der Waals surface area contributed by atoms with Crippen LogP contribution in [0.15, 0.2) is 48.8 Å². The molecular formula is C22H24N4O2. The van der Waals surface area contributed by atoms with Crippen molar-refractivity contribution in [1.82, 2.24) is 19.7 Å². The molecule has 0 unspecified atom stereocenters. The van der Waals surface area contributed by atoms with Crippen LogP contribution in [-0.4, -0.2) is 39.1 Å². The zero-order valence-electron chi connectivity index (χ0n) is 15.8. The number of benzene rings is 1. The second kappa shape index (κ2) is 7.81. The summed E-state index contributed by atoms with van der Waals surface area (Å²) in [5.41, 5.74) is 3.78. The summed E-state index contributed by atoms with van der Waals surface area (Å²) in [5, 5.41) is 4.86. The lowest BCUT2D eigenvalue weighted by molar-refractivity contribution is 0.00728. The first-order valence-corrected chi connectivity index (χ1v) is 9.99. The minimum Gasteiger partial charge on any atom is -0.376 e. The van der Waals surface area contributed by atoms with Gasteiger partial charge in [-0.3, -0.25) is 4.98 Å². The molecule has 1 atom stereocenters. The molecule has 1 fully saturated rings. The third-order valence-electron chi connectivity index (χ3n) is 5.57. The van der Waals surface area contributed by atoms with Crippen molar-refractivity contribution in [2.45, 2.75) is 44.4 Å². The first-order valence-electron chi connectivity index (χ1n) is 9.99. The molecule has 5 rings (SSSR count). The SMILES string of the molecule is c1ccc2c(c1)CC(n1nc(-c3ccncc3)nc1COC[C@@H]1CCCO1)C2. The lowest BCUT2D eigenvalue weighted by Gasteiger charge is -2.14. The molecular weight excluding hydrogens is 352 g/mol. The highest BCUT2D eigenvalue weighted by Gasteiger charge is 2.27. The van der Waals surface area contributed by atoms with Crippen molar-refractivity contribution in [1.29, 1.82) is 0 Å². The Labute approximate surface area is 164 Å². The second-order valence-electron chi connectivity index (χ2n) is 7.51. The van der Waals surface area contributed by atoms with Crippen LogP contribution in [0.1, 0.15) is 35.8 Å². The summed E-state index contributed by atoms with van der Waals surface area (Å²) in [4.78, 5) is 8.91. The van der Waals surface area contributed by atoms with Crippen LogP contribution < -0.4 is 0 Å². The topological polar surface area (TPSA) is 62.1 Å². The van der Waals surface area contributed by atoms with E-state index in [4.69, 9.17) is 19.6 Å². The molecule has 0 spiro atoms. The van der Waals surface area contributed by atoms with Gasteiger partial charge in [0.1, 0.15) is 6.61 Å². The molecule has 2 aliphatic rings. The summed E-state index contributed by atoms with van der Waals surface area (Å²) in [5.74, 6) is 1.61. The normalized spacial score (nSPS) is 19.2. The van der Waals surface area contributed by atoms with E-state index in [1.807, 2.05) is 12.1 Å². The average molecular weight is 376 g/mol. The van der Waals surface area contributed by atoms with Crippen LogP contribution in [0.25, 0.3) is 11.4 Å². The van der Waals surface area contributed by atoms with E-state index in [9.17, 15) is 0 Å². The van der Waals surface area contributed by atoms with Gasteiger partial charge in [-0.05, 0) is 48.9 Å². The molecule has 0 amide bonds.